The average Bonchev–Trinajstić information content (AvgIpc) is 2.44. The van der Waals surface area contributed by atoms with E-state index in [9.17, 15) is 0 Å². The van der Waals surface area contributed by atoms with Gasteiger partial charge in [-0.3, -0.25) is 4.98 Å². The van der Waals surface area contributed by atoms with Crippen LogP contribution in [0.15, 0.2) is 48.8 Å². The van der Waals surface area contributed by atoms with Crippen molar-refractivity contribution in [3.8, 4) is 0 Å². The monoisotopic (exact) mass is 242 g/mol. The van der Waals surface area contributed by atoms with Gasteiger partial charge in [-0.2, -0.15) is 0 Å². The van der Waals surface area contributed by atoms with Crippen molar-refractivity contribution in [3.63, 3.8) is 0 Å². The smallest absolute Gasteiger partial charge is 0.0434 e. The van der Waals surface area contributed by atoms with Crippen LogP contribution < -0.4 is 5.32 Å². The fourth-order valence-electron chi connectivity index (χ4n) is 1.82. The molecule has 0 amide bonds. The van der Waals surface area contributed by atoms with Crippen molar-refractivity contribution >= 4 is 5.69 Å². The topological polar surface area (TPSA) is 45.1 Å². The van der Waals surface area contributed by atoms with Crippen molar-refractivity contribution in [2.75, 3.05) is 11.9 Å². The maximum Gasteiger partial charge on any atom is 0.0434 e. The molecule has 0 aliphatic rings. The summed E-state index contributed by atoms with van der Waals surface area (Å²) in [7, 11) is 0. The van der Waals surface area contributed by atoms with Crippen LogP contribution in [0.4, 0.5) is 5.69 Å². The first-order valence-corrected chi connectivity index (χ1v) is 6.21. The van der Waals surface area contributed by atoms with Gasteiger partial charge in [0.25, 0.3) is 0 Å². The lowest BCUT2D eigenvalue weighted by atomic mass is 10.1. The summed E-state index contributed by atoms with van der Waals surface area (Å²) in [5, 5.41) is 12.2. The van der Waals surface area contributed by atoms with E-state index in [2.05, 4.69) is 28.5 Å². The van der Waals surface area contributed by atoms with Gasteiger partial charge in [0.1, 0.15) is 0 Å². The van der Waals surface area contributed by atoms with Gasteiger partial charge in [-0.15, -0.1) is 0 Å². The Morgan fingerprint density at radius 2 is 1.89 bits per heavy atom. The molecule has 0 saturated carbocycles. The highest BCUT2D eigenvalue weighted by molar-refractivity contribution is 5.46. The Labute approximate surface area is 108 Å². The van der Waals surface area contributed by atoms with Crippen LogP contribution in [0.5, 0.6) is 0 Å². The molecule has 0 radical (unpaired) electrons. The van der Waals surface area contributed by atoms with Crippen LogP contribution in [0.3, 0.4) is 0 Å². The number of pyridine rings is 1. The maximum atomic E-state index is 8.83. The molecule has 0 aliphatic carbocycles. The Kier molecular flexibility index (Phi) is 4.73. The molecule has 0 aliphatic heterocycles. The molecular formula is C15H18N2O. The summed E-state index contributed by atoms with van der Waals surface area (Å²) in [5.41, 5.74) is 3.58. The van der Waals surface area contributed by atoms with Crippen molar-refractivity contribution in [1.29, 1.82) is 0 Å². The summed E-state index contributed by atoms with van der Waals surface area (Å²) in [6.45, 7) is 1.04. The molecule has 0 unspecified atom stereocenters. The van der Waals surface area contributed by atoms with E-state index in [-0.39, 0.29) is 6.61 Å². The fourth-order valence-corrected chi connectivity index (χ4v) is 1.82. The number of anilines is 1. The lowest BCUT2D eigenvalue weighted by molar-refractivity contribution is 0.288. The predicted molar refractivity (Wildman–Crippen MR) is 73.4 cm³/mol. The van der Waals surface area contributed by atoms with Gasteiger partial charge < -0.3 is 10.4 Å². The van der Waals surface area contributed by atoms with E-state index in [0.717, 1.165) is 25.1 Å². The quantitative estimate of drug-likeness (QED) is 0.818. The normalized spacial score (nSPS) is 10.3. The third-order valence-corrected chi connectivity index (χ3v) is 2.80. The highest BCUT2D eigenvalue weighted by Gasteiger charge is 1.96. The standard InChI is InChI=1S/C15H18N2O/c18-10-2-4-13-3-1-5-15(11-13)17-12-14-6-8-16-9-7-14/h1,3,5-9,11,17-18H,2,4,10,12H2. The molecule has 0 atom stereocenters. The second kappa shape index (κ2) is 6.77. The Balaban J connectivity index is 1.93. The molecule has 18 heavy (non-hydrogen) atoms. The van der Waals surface area contributed by atoms with Crippen LogP contribution >= 0.6 is 0 Å². The van der Waals surface area contributed by atoms with Crippen LogP contribution in [-0.2, 0) is 13.0 Å². The van der Waals surface area contributed by atoms with Crippen molar-refractivity contribution in [3.05, 3.63) is 59.9 Å². The summed E-state index contributed by atoms with van der Waals surface area (Å²) in [6.07, 6.45) is 5.33. The number of aliphatic hydroxyl groups is 1. The minimum absolute atomic E-state index is 0.245. The fraction of sp³-hybridized carbons (Fsp3) is 0.267. The summed E-state index contributed by atoms with van der Waals surface area (Å²) < 4.78 is 0. The van der Waals surface area contributed by atoms with Crippen LogP contribution in [-0.4, -0.2) is 16.7 Å². The van der Waals surface area contributed by atoms with Gasteiger partial charge in [-0.25, -0.2) is 0 Å². The number of aliphatic hydroxyl groups excluding tert-OH is 1. The van der Waals surface area contributed by atoms with E-state index in [4.69, 9.17) is 5.11 Å². The number of rotatable bonds is 6. The molecule has 1 heterocycles. The lowest BCUT2D eigenvalue weighted by Crippen LogP contribution is -2.00. The second-order valence-corrected chi connectivity index (χ2v) is 4.24. The Morgan fingerprint density at radius 1 is 1.06 bits per heavy atom. The molecule has 2 N–H and O–H groups in total. The molecule has 3 nitrogen and oxygen atoms in total. The van der Waals surface area contributed by atoms with Gasteiger partial charge in [-0.05, 0) is 48.2 Å². The SMILES string of the molecule is OCCCc1cccc(NCc2ccncc2)c1. The summed E-state index contributed by atoms with van der Waals surface area (Å²) >= 11 is 0. The summed E-state index contributed by atoms with van der Waals surface area (Å²) in [4.78, 5) is 4.00. The molecule has 0 bridgehead atoms. The van der Waals surface area contributed by atoms with Gasteiger partial charge in [0, 0.05) is 31.2 Å². The molecule has 0 fully saturated rings. The van der Waals surface area contributed by atoms with Crippen LogP contribution in [0.2, 0.25) is 0 Å². The number of nitrogens with zero attached hydrogens (tertiary/aromatic N) is 1. The number of benzene rings is 1. The van der Waals surface area contributed by atoms with Crippen molar-refractivity contribution in [2.24, 2.45) is 0 Å². The molecule has 1 aromatic carbocycles. The van der Waals surface area contributed by atoms with Crippen molar-refractivity contribution < 1.29 is 5.11 Å². The number of nitrogens with one attached hydrogen (secondary N) is 1. The zero-order valence-corrected chi connectivity index (χ0v) is 10.3. The van der Waals surface area contributed by atoms with Crippen LogP contribution in [0, 0.1) is 0 Å². The van der Waals surface area contributed by atoms with E-state index in [1.54, 1.807) is 12.4 Å². The number of aromatic nitrogens is 1. The van der Waals surface area contributed by atoms with E-state index in [1.807, 2.05) is 18.2 Å². The highest BCUT2D eigenvalue weighted by Crippen LogP contribution is 2.13. The molecule has 94 valence electrons. The first-order chi connectivity index (χ1) is 8.88. The minimum atomic E-state index is 0.245. The maximum absolute atomic E-state index is 8.83. The predicted octanol–water partition coefficient (Wildman–Crippen LogP) is 2.62. The van der Waals surface area contributed by atoms with Gasteiger partial charge >= 0.3 is 0 Å². The zero-order chi connectivity index (χ0) is 12.6. The molecule has 0 spiro atoms. The molecule has 2 aromatic rings. The minimum Gasteiger partial charge on any atom is -0.396 e. The first-order valence-electron chi connectivity index (χ1n) is 6.21. The highest BCUT2D eigenvalue weighted by atomic mass is 16.2. The zero-order valence-electron chi connectivity index (χ0n) is 10.3. The number of aryl methyl sites for hydroxylation is 1. The van der Waals surface area contributed by atoms with E-state index in [0.29, 0.717) is 0 Å². The Morgan fingerprint density at radius 3 is 2.67 bits per heavy atom. The van der Waals surface area contributed by atoms with Gasteiger partial charge in [-0.1, -0.05) is 12.1 Å². The summed E-state index contributed by atoms with van der Waals surface area (Å²) in [6, 6.07) is 12.3. The average molecular weight is 242 g/mol. The Hall–Kier alpha value is -1.87. The molecular weight excluding hydrogens is 224 g/mol. The van der Waals surface area contributed by atoms with Crippen molar-refractivity contribution in [1.82, 2.24) is 4.98 Å². The largest absolute Gasteiger partial charge is 0.396 e. The first kappa shape index (κ1) is 12.6. The van der Waals surface area contributed by atoms with Crippen LogP contribution in [0.1, 0.15) is 17.5 Å². The van der Waals surface area contributed by atoms with E-state index >= 15 is 0 Å². The Bertz CT molecular complexity index is 471. The van der Waals surface area contributed by atoms with Crippen LogP contribution in [0.25, 0.3) is 0 Å². The second-order valence-electron chi connectivity index (χ2n) is 4.24. The van der Waals surface area contributed by atoms with Gasteiger partial charge in [0.15, 0.2) is 0 Å². The van der Waals surface area contributed by atoms with Gasteiger partial charge in [0.05, 0.1) is 0 Å². The lowest BCUT2D eigenvalue weighted by Gasteiger charge is -2.08. The summed E-state index contributed by atoms with van der Waals surface area (Å²) in [5.74, 6) is 0. The number of hydrogen-bond donors (Lipinski definition) is 2. The molecule has 3 heteroatoms. The van der Waals surface area contributed by atoms with E-state index in [1.165, 1.54) is 11.1 Å². The third-order valence-electron chi connectivity index (χ3n) is 2.80. The van der Waals surface area contributed by atoms with Gasteiger partial charge in [0.2, 0.25) is 0 Å². The molecule has 2 rings (SSSR count). The third kappa shape index (κ3) is 3.86. The van der Waals surface area contributed by atoms with E-state index < -0.39 is 0 Å². The molecule has 0 saturated heterocycles. The molecule has 1 aromatic heterocycles. The number of hydrogen-bond acceptors (Lipinski definition) is 3. The van der Waals surface area contributed by atoms with Crippen molar-refractivity contribution in [2.45, 2.75) is 19.4 Å².